The van der Waals surface area contributed by atoms with E-state index >= 15 is 0 Å². The molecule has 0 atom stereocenters. The predicted molar refractivity (Wildman–Crippen MR) is 161 cm³/mol. The van der Waals surface area contributed by atoms with Gasteiger partial charge in [0.05, 0.1) is 12.7 Å². The van der Waals surface area contributed by atoms with Crippen LogP contribution in [0.15, 0.2) is 156 Å². The van der Waals surface area contributed by atoms with Crippen LogP contribution in [0.3, 0.4) is 0 Å². The van der Waals surface area contributed by atoms with Gasteiger partial charge in [0.2, 0.25) is 5.91 Å². The zero-order valence-electron chi connectivity index (χ0n) is 21.0. The monoisotopic (exact) mass is 512 g/mol. The van der Waals surface area contributed by atoms with E-state index < -0.39 is 7.05 Å². The van der Waals surface area contributed by atoms with Crippen molar-refractivity contribution in [3.05, 3.63) is 163 Å². The number of carbonyl (C=O) groups is 1. The summed E-state index contributed by atoms with van der Waals surface area (Å²) in [6, 6.07) is 49.6. The van der Waals surface area contributed by atoms with Crippen LogP contribution in [0.25, 0.3) is 6.08 Å². The zero-order valence-corrected chi connectivity index (χ0v) is 21.9. The first-order chi connectivity index (χ1) is 18.8. The van der Waals surface area contributed by atoms with Gasteiger partial charge < -0.3 is 5.32 Å². The molecule has 186 valence electrons. The first kappa shape index (κ1) is 25.2. The van der Waals surface area contributed by atoms with Crippen molar-refractivity contribution in [1.29, 1.82) is 0 Å². The van der Waals surface area contributed by atoms with Gasteiger partial charge in [0.25, 0.3) is 0 Å². The Morgan fingerprint density at radius 2 is 1.05 bits per heavy atom. The van der Waals surface area contributed by atoms with Crippen molar-refractivity contribution in [2.24, 2.45) is 4.74 Å². The number of hydrogen-bond acceptors (Lipinski definition) is 2. The minimum absolute atomic E-state index is 0.140. The summed E-state index contributed by atoms with van der Waals surface area (Å²) in [7, 11) is -2.40. The second kappa shape index (κ2) is 12.2. The Morgan fingerprint density at radius 3 is 1.58 bits per heavy atom. The summed E-state index contributed by atoms with van der Waals surface area (Å²) in [6.07, 6.45) is 3.40. The fraction of sp³-hybridized carbons (Fsp3) is 0.0294. The standard InChI is InChI=1S/C34H29N2OP/c37-34(26-25-28-15-5-1-6-16-28)35-27-29-17-13-14-24-33(29)36-38(30-18-7-2-8-19-30,31-20-9-3-10-21-31)32-22-11-4-12-23-32/h1-26H,27H2,(H,35,37)/b26-25+. The number of rotatable bonds is 8. The van der Waals surface area contributed by atoms with E-state index in [4.69, 9.17) is 4.74 Å². The number of nitrogens with one attached hydrogen (secondary N) is 1. The molecule has 0 radical (unpaired) electrons. The Hall–Kier alpha value is -4.46. The van der Waals surface area contributed by atoms with Gasteiger partial charge in [-0.3, -0.25) is 9.54 Å². The van der Waals surface area contributed by atoms with Gasteiger partial charge in [-0.2, -0.15) is 0 Å². The van der Waals surface area contributed by atoms with E-state index in [1.54, 1.807) is 6.08 Å². The highest BCUT2D eigenvalue weighted by molar-refractivity contribution is 7.87. The third-order valence-corrected chi connectivity index (χ3v) is 9.97. The molecule has 4 heteroatoms. The van der Waals surface area contributed by atoms with Crippen LogP contribution in [0.5, 0.6) is 0 Å². The molecule has 0 aliphatic heterocycles. The largest absolute Gasteiger partial charge is 0.348 e. The molecule has 1 amide bonds. The predicted octanol–water partition coefficient (Wildman–Crippen LogP) is 6.83. The van der Waals surface area contributed by atoms with Gasteiger partial charge in [-0.1, -0.05) is 140 Å². The van der Waals surface area contributed by atoms with E-state index in [-0.39, 0.29) is 5.91 Å². The highest BCUT2D eigenvalue weighted by Gasteiger charge is 2.27. The Morgan fingerprint density at radius 1 is 0.605 bits per heavy atom. The Bertz CT molecular complexity index is 1460. The average molecular weight is 513 g/mol. The van der Waals surface area contributed by atoms with Crippen molar-refractivity contribution >= 4 is 40.6 Å². The first-order valence-electron chi connectivity index (χ1n) is 12.6. The normalized spacial score (nSPS) is 11.3. The molecule has 5 aromatic rings. The lowest BCUT2D eigenvalue weighted by Crippen LogP contribution is -2.25. The van der Waals surface area contributed by atoms with Gasteiger partial charge in [-0.15, -0.1) is 0 Å². The summed E-state index contributed by atoms with van der Waals surface area (Å²) < 4.78 is 5.61. The lowest BCUT2D eigenvalue weighted by Gasteiger charge is -2.27. The quantitative estimate of drug-likeness (QED) is 0.180. The van der Waals surface area contributed by atoms with Crippen LogP contribution in [0.1, 0.15) is 11.1 Å². The van der Waals surface area contributed by atoms with Crippen molar-refractivity contribution in [2.75, 3.05) is 0 Å². The zero-order chi connectivity index (χ0) is 26.0. The molecule has 0 unspecified atom stereocenters. The second-order valence-electron chi connectivity index (χ2n) is 8.83. The molecule has 0 aliphatic carbocycles. The van der Waals surface area contributed by atoms with E-state index in [1.165, 1.54) is 15.9 Å². The Kier molecular flexibility index (Phi) is 8.08. The number of hydrogen-bond donors (Lipinski definition) is 1. The summed E-state index contributed by atoms with van der Waals surface area (Å²) in [5, 5.41) is 6.59. The summed E-state index contributed by atoms with van der Waals surface area (Å²) in [4.78, 5) is 12.6. The van der Waals surface area contributed by atoms with Crippen LogP contribution in [0, 0.1) is 0 Å². The molecular weight excluding hydrogens is 483 g/mol. The maximum Gasteiger partial charge on any atom is 0.244 e. The van der Waals surface area contributed by atoms with Crippen molar-refractivity contribution in [1.82, 2.24) is 5.32 Å². The molecule has 1 N–H and O–H groups in total. The van der Waals surface area contributed by atoms with Crippen molar-refractivity contribution in [3.8, 4) is 0 Å². The number of amides is 1. The Labute approximate surface area is 224 Å². The number of nitrogens with zero attached hydrogens (tertiary/aromatic N) is 1. The van der Waals surface area contributed by atoms with E-state index in [1.807, 2.05) is 78.9 Å². The molecule has 0 heterocycles. The van der Waals surface area contributed by atoms with Gasteiger partial charge in [0.1, 0.15) is 0 Å². The van der Waals surface area contributed by atoms with Crippen LogP contribution >= 0.6 is 7.05 Å². The molecule has 0 saturated carbocycles. The fourth-order valence-electron chi connectivity index (χ4n) is 4.45. The van der Waals surface area contributed by atoms with E-state index in [0.717, 1.165) is 16.8 Å². The third-order valence-electron chi connectivity index (χ3n) is 6.32. The van der Waals surface area contributed by atoms with Gasteiger partial charge in [0, 0.05) is 28.5 Å². The molecule has 0 aromatic heterocycles. The SMILES string of the molecule is O=C(/C=C/c1ccccc1)NCc1ccccc1N=P(c1ccccc1)(c1ccccc1)c1ccccc1. The molecule has 0 bridgehead atoms. The minimum atomic E-state index is -2.40. The molecule has 0 spiro atoms. The highest BCUT2D eigenvalue weighted by atomic mass is 31.2. The van der Waals surface area contributed by atoms with Crippen molar-refractivity contribution in [3.63, 3.8) is 0 Å². The average Bonchev–Trinajstić information content (AvgIpc) is 3.00. The Balaban J connectivity index is 1.58. The van der Waals surface area contributed by atoms with E-state index in [9.17, 15) is 4.79 Å². The van der Waals surface area contributed by atoms with Crippen LogP contribution in [-0.2, 0) is 11.3 Å². The van der Waals surface area contributed by atoms with Gasteiger partial charge in [-0.05, 0) is 23.3 Å². The summed E-state index contributed by atoms with van der Waals surface area (Å²) >= 11 is 0. The minimum Gasteiger partial charge on any atom is -0.348 e. The smallest absolute Gasteiger partial charge is 0.244 e. The van der Waals surface area contributed by atoms with Gasteiger partial charge in [-0.25, -0.2) is 0 Å². The molecule has 3 nitrogen and oxygen atoms in total. The number of benzene rings is 5. The lowest BCUT2D eigenvalue weighted by atomic mass is 10.2. The summed E-state index contributed by atoms with van der Waals surface area (Å²) in [5.41, 5.74) is 2.84. The van der Waals surface area contributed by atoms with Crippen molar-refractivity contribution in [2.45, 2.75) is 6.54 Å². The lowest BCUT2D eigenvalue weighted by molar-refractivity contribution is -0.116. The molecule has 5 aromatic carbocycles. The van der Waals surface area contributed by atoms with Crippen LogP contribution in [-0.4, -0.2) is 5.91 Å². The second-order valence-corrected chi connectivity index (χ2v) is 11.9. The topological polar surface area (TPSA) is 41.5 Å². The molecule has 0 aliphatic rings. The third kappa shape index (κ3) is 5.75. The highest BCUT2D eigenvalue weighted by Crippen LogP contribution is 2.49. The molecule has 0 fully saturated rings. The first-order valence-corrected chi connectivity index (χ1v) is 14.4. The summed E-state index contributed by atoms with van der Waals surface area (Å²) in [5.74, 6) is -0.140. The van der Waals surface area contributed by atoms with Crippen LogP contribution < -0.4 is 21.2 Å². The fourth-order valence-corrected chi connectivity index (χ4v) is 8.02. The summed E-state index contributed by atoms with van der Waals surface area (Å²) in [6.45, 7) is 0.385. The van der Waals surface area contributed by atoms with Crippen LogP contribution in [0.4, 0.5) is 5.69 Å². The maximum absolute atomic E-state index is 12.6. The van der Waals surface area contributed by atoms with Crippen molar-refractivity contribution < 1.29 is 4.79 Å². The van der Waals surface area contributed by atoms with E-state index in [0.29, 0.717) is 6.54 Å². The van der Waals surface area contributed by atoms with E-state index in [2.05, 4.69) is 78.1 Å². The maximum atomic E-state index is 12.6. The van der Waals surface area contributed by atoms with Gasteiger partial charge >= 0.3 is 0 Å². The molecule has 5 rings (SSSR count). The molecular formula is C34H29N2OP. The molecule has 0 saturated heterocycles. The number of carbonyl (C=O) groups excluding carboxylic acids is 1. The van der Waals surface area contributed by atoms with Crippen LogP contribution in [0.2, 0.25) is 0 Å². The van der Waals surface area contributed by atoms with Gasteiger partial charge in [0.15, 0.2) is 0 Å². The molecule has 38 heavy (non-hydrogen) atoms.